The van der Waals surface area contributed by atoms with E-state index in [2.05, 4.69) is 14.5 Å². The lowest BCUT2D eigenvalue weighted by molar-refractivity contribution is 0.580. The Morgan fingerprint density at radius 3 is 2.41 bits per heavy atom. The fraction of sp³-hybridized carbons (Fsp3) is 0.160. The molecule has 0 atom stereocenters. The van der Waals surface area contributed by atoms with E-state index in [1.165, 1.54) is 0 Å². The molecular weight excluding hydrogens is 448 g/mol. The van der Waals surface area contributed by atoms with E-state index in [1.807, 2.05) is 54.6 Å². The fourth-order valence-corrected chi connectivity index (χ4v) is 5.14. The van der Waals surface area contributed by atoms with Gasteiger partial charge < -0.3 is 10.3 Å². The molecule has 5 aromatic rings. The van der Waals surface area contributed by atoms with Crippen molar-refractivity contribution in [2.45, 2.75) is 25.6 Å². The molecule has 5 rings (SSSR count). The number of rotatable bonds is 6. The zero-order chi connectivity index (χ0) is 23.9. The summed E-state index contributed by atoms with van der Waals surface area (Å²) in [5, 5.41) is -0.645. The Balaban J connectivity index is 1.74. The second-order valence-electron chi connectivity index (χ2n) is 8.32. The Labute approximate surface area is 197 Å². The number of nitrogens with two attached hydrogens (primary N) is 1. The van der Waals surface area contributed by atoms with Crippen LogP contribution >= 0.6 is 0 Å². The van der Waals surface area contributed by atoms with Gasteiger partial charge in [0.2, 0.25) is 16.0 Å². The smallest absolute Gasteiger partial charge is 0.244 e. The van der Waals surface area contributed by atoms with Gasteiger partial charge in [0.25, 0.3) is 0 Å². The molecule has 2 aromatic carbocycles. The average Bonchev–Trinajstić information content (AvgIpc) is 3.40. The van der Waals surface area contributed by atoms with Crippen molar-refractivity contribution in [3.05, 3.63) is 84.9 Å². The number of imidazole rings is 2. The second kappa shape index (κ2) is 8.42. The minimum Gasteiger partial charge on any atom is -0.368 e. The molecule has 0 spiro atoms. The Hall–Kier alpha value is -3.98. The first-order valence-electron chi connectivity index (χ1n) is 10.9. The van der Waals surface area contributed by atoms with E-state index in [0.717, 1.165) is 32.1 Å². The molecule has 0 unspecified atom stereocenters. The maximum absolute atomic E-state index is 13.0. The van der Waals surface area contributed by atoms with Crippen molar-refractivity contribution in [1.82, 2.24) is 23.5 Å². The Bertz CT molecular complexity index is 1570. The molecule has 8 nitrogen and oxygen atoms in total. The van der Waals surface area contributed by atoms with Crippen LogP contribution in [0.25, 0.3) is 33.5 Å². The predicted octanol–water partition coefficient (Wildman–Crippen LogP) is 4.18. The topological polar surface area (TPSA) is 109 Å². The molecule has 172 valence electrons. The SMILES string of the molecule is CC(C)S(=O)(=O)n1c(N)nc2ccc(-c3c(-c4ccccc4)ncn3Cc3ccncc3)cc21. The molecule has 0 amide bonds. The lowest BCUT2D eigenvalue weighted by atomic mass is 10.0. The molecule has 0 aliphatic rings. The third kappa shape index (κ3) is 3.73. The van der Waals surface area contributed by atoms with Crippen molar-refractivity contribution in [1.29, 1.82) is 0 Å². The molecule has 0 saturated carbocycles. The molecule has 0 aliphatic heterocycles. The summed E-state index contributed by atoms with van der Waals surface area (Å²) >= 11 is 0. The standard InChI is InChI=1S/C25H24N6O2S/c1-17(2)34(32,33)31-22-14-20(8-9-21(22)29-25(31)26)24-23(19-6-4-3-5-7-19)28-16-30(24)15-18-10-12-27-13-11-18/h3-14,16-17H,15H2,1-2H3,(H2,26,29). The predicted molar refractivity (Wildman–Crippen MR) is 134 cm³/mol. The molecule has 3 aromatic heterocycles. The summed E-state index contributed by atoms with van der Waals surface area (Å²) in [6.07, 6.45) is 5.32. The molecular formula is C25H24N6O2S. The number of pyridine rings is 1. The van der Waals surface area contributed by atoms with Crippen molar-refractivity contribution in [2.24, 2.45) is 0 Å². The summed E-state index contributed by atoms with van der Waals surface area (Å²) in [5.41, 5.74) is 11.6. The molecule has 0 saturated heterocycles. The van der Waals surface area contributed by atoms with Crippen LogP contribution in [-0.2, 0) is 16.6 Å². The number of fused-ring (bicyclic) bond motifs is 1. The summed E-state index contributed by atoms with van der Waals surface area (Å²) in [6, 6.07) is 19.4. The largest absolute Gasteiger partial charge is 0.368 e. The minimum atomic E-state index is -3.70. The van der Waals surface area contributed by atoms with Gasteiger partial charge in [0, 0.05) is 30.1 Å². The van der Waals surface area contributed by atoms with Gasteiger partial charge in [-0.05, 0) is 43.7 Å². The Morgan fingerprint density at radius 1 is 0.971 bits per heavy atom. The first kappa shape index (κ1) is 21.8. The van der Waals surface area contributed by atoms with E-state index in [4.69, 9.17) is 10.7 Å². The van der Waals surface area contributed by atoms with Gasteiger partial charge in [0.1, 0.15) is 0 Å². The van der Waals surface area contributed by atoms with Crippen molar-refractivity contribution >= 4 is 27.0 Å². The van der Waals surface area contributed by atoms with Crippen LogP contribution in [0.15, 0.2) is 79.4 Å². The third-order valence-electron chi connectivity index (χ3n) is 5.75. The second-order valence-corrected chi connectivity index (χ2v) is 10.7. The van der Waals surface area contributed by atoms with Crippen molar-refractivity contribution < 1.29 is 8.42 Å². The zero-order valence-corrected chi connectivity index (χ0v) is 19.6. The molecule has 34 heavy (non-hydrogen) atoms. The molecule has 3 heterocycles. The highest BCUT2D eigenvalue weighted by Crippen LogP contribution is 2.34. The maximum Gasteiger partial charge on any atom is 0.244 e. The summed E-state index contributed by atoms with van der Waals surface area (Å²) in [4.78, 5) is 13.1. The van der Waals surface area contributed by atoms with Crippen LogP contribution in [-0.4, -0.2) is 37.2 Å². The number of nitrogen functional groups attached to an aromatic ring is 1. The van der Waals surface area contributed by atoms with Gasteiger partial charge in [0.15, 0.2) is 0 Å². The summed E-state index contributed by atoms with van der Waals surface area (Å²) in [7, 11) is -3.70. The Kier molecular flexibility index (Phi) is 5.41. The van der Waals surface area contributed by atoms with E-state index >= 15 is 0 Å². The first-order valence-corrected chi connectivity index (χ1v) is 12.4. The normalized spacial score (nSPS) is 12.0. The van der Waals surface area contributed by atoms with E-state index in [9.17, 15) is 8.42 Å². The van der Waals surface area contributed by atoms with Crippen LogP contribution in [0.2, 0.25) is 0 Å². The Morgan fingerprint density at radius 2 is 1.71 bits per heavy atom. The lowest BCUT2D eigenvalue weighted by Crippen LogP contribution is -2.23. The van der Waals surface area contributed by atoms with Gasteiger partial charge >= 0.3 is 0 Å². The number of nitrogens with zero attached hydrogens (tertiary/aromatic N) is 5. The van der Waals surface area contributed by atoms with Crippen LogP contribution < -0.4 is 5.73 Å². The third-order valence-corrected chi connectivity index (χ3v) is 7.83. The van der Waals surface area contributed by atoms with Gasteiger partial charge in [-0.3, -0.25) is 4.98 Å². The van der Waals surface area contributed by atoms with Crippen LogP contribution in [0, 0.1) is 0 Å². The van der Waals surface area contributed by atoms with Crippen LogP contribution in [0.1, 0.15) is 19.4 Å². The van der Waals surface area contributed by atoms with Crippen molar-refractivity contribution in [3.8, 4) is 22.5 Å². The van der Waals surface area contributed by atoms with Crippen LogP contribution in [0.4, 0.5) is 5.95 Å². The summed E-state index contributed by atoms with van der Waals surface area (Å²) in [6.45, 7) is 3.84. The molecule has 0 radical (unpaired) electrons. The van der Waals surface area contributed by atoms with Crippen LogP contribution in [0.5, 0.6) is 0 Å². The molecule has 0 fully saturated rings. The molecule has 2 N–H and O–H groups in total. The van der Waals surface area contributed by atoms with Gasteiger partial charge in [-0.25, -0.2) is 22.4 Å². The van der Waals surface area contributed by atoms with Gasteiger partial charge in [-0.2, -0.15) is 0 Å². The lowest BCUT2D eigenvalue weighted by Gasteiger charge is -2.13. The molecule has 0 aliphatic carbocycles. The van der Waals surface area contributed by atoms with E-state index in [0.29, 0.717) is 17.6 Å². The van der Waals surface area contributed by atoms with E-state index < -0.39 is 15.3 Å². The summed E-state index contributed by atoms with van der Waals surface area (Å²) < 4.78 is 29.3. The molecule has 9 heteroatoms. The number of anilines is 1. The fourth-order valence-electron chi connectivity index (χ4n) is 4.00. The van der Waals surface area contributed by atoms with Gasteiger partial charge in [-0.1, -0.05) is 36.4 Å². The highest BCUT2D eigenvalue weighted by Gasteiger charge is 2.25. The zero-order valence-electron chi connectivity index (χ0n) is 18.8. The van der Waals surface area contributed by atoms with Gasteiger partial charge in [0.05, 0.1) is 34.0 Å². The number of aromatic nitrogens is 5. The first-order chi connectivity index (χ1) is 16.4. The van der Waals surface area contributed by atoms with E-state index in [1.54, 1.807) is 38.6 Å². The quantitative estimate of drug-likeness (QED) is 0.397. The van der Waals surface area contributed by atoms with Crippen molar-refractivity contribution in [2.75, 3.05) is 5.73 Å². The molecule has 0 bridgehead atoms. The van der Waals surface area contributed by atoms with E-state index in [-0.39, 0.29) is 5.95 Å². The highest BCUT2D eigenvalue weighted by atomic mass is 32.2. The summed E-state index contributed by atoms with van der Waals surface area (Å²) in [5.74, 6) is -0.0468. The van der Waals surface area contributed by atoms with Crippen LogP contribution in [0.3, 0.4) is 0 Å². The highest BCUT2D eigenvalue weighted by molar-refractivity contribution is 7.90. The number of benzene rings is 2. The minimum absolute atomic E-state index is 0.0468. The van der Waals surface area contributed by atoms with Gasteiger partial charge in [-0.15, -0.1) is 0 Å². The number of hydrogen-bond donors (Lipinski definition) is 1. The van der Waals surface area contributed by atoms with Crippen molar-refractivity contribution in [3.63, 3.8) is 0 Å². The maximum atomic E-state index is 13.0. The monoisotopic (exact) mass is 472 g/mol. The number of hydrogen-bond acceptors (Lipinski definition) is 6. The average molecular weight is 473 g/mol.